The molecule has 0 saturated heterocycles. The number of hydrogen-bond acceptors (Lipinski definition) is 5. The molecule has 148 valence electrons. The fourth-order valence-corrected chi connectivity index (χ4v) is 3.80. The van der Waals surface area contributed by atoms with Crippen LogP contribution in [0.3, 0.4) is 0 Å². The minimum atomic E-state index is -0.954. The van der Waals surface area contributed by atoms with Crippen LogP contribution in [-0.4, -0.2) is 35.9 Å². The lowest BCUT2D eigenvalue weighted by atomic mass is 10.0. The maximum absolute atomic E-state index is 12.7. The molecule has 0 fully saturated rings. The van der Waals surface area contributed by atoms with Gasteiger partial charge in [-0.25, -0.2) is 4.79 Å². The van der Waals surface area contributed by atoms with E-state index in [1.807, 2.05) is 6.07 Å². The number of aromatic amines is 1. The lowest BCUT2D eigenvalue weighted by Crippen LogP contribution is -2.26. The average molecular weight is 383 g/mol. The topological polar surface area (TPSA) is 85.5 Å². The minimum absolute atomic E-state index is 0.126. The Morgan fingerprint density at radius 1 is 1.14 bits per heavy atom. The number of H-pyrrole nitrogens is 1. The van der Waals surface area contributed by atoms with Crippen LogP contribution >= 0.6 is 0 Å². The largest absolute Gasteiger partial charge is 0.465 e. The van der Waals surface area contributed by atoms with Crippen LogP contribution in [0.2, 0.25) is 0 Å². The van der Waals surface area contributed by atoms with Crippen molar-refractivity contribution in [1.29, 1.82) is 0 Å². The molecule has 1 aliphatic carbocycles. The summed E-state index contributed by atoms with van der Waals surface area (Å²) in [7, 11) is 1.29. The summed E-state index contributed by atoms with van der Waals surface area (Å²) in [6.45, 7) is 4.90. The number of esters is 2. The van der Waals surface area contributed by atoms with Crippen molar-refractivity contribution in [3.63, 3.8) is 0 Å². The number of benzene rings is 1. The van der Waals surface area contributed by atoms with E-state index in [1.54, 1.807) is 13.8 Å². The molecule has 1 aliphatic rings. The molecule has 1 aromatic heterocycles. The molecule has 1 N–H and O–H groups in total. The Morgan fingerprint density at radius 3 is 2.57 bits per heavy atom. The van der Waals surface area contributed by atoms with Gasteiger partial charge in [0, 0.05) is 5.69 Å². The van der Waals surface area contributed by atoms with Crippen molar-refractivity contribution in [2.75, 3.05) is 7.11 Å². The Labute approximate surface area is 164 Å². The number of aromatic nitrogens is 1. The molecule has 2 aromatic rings. The Bertz CT molecular complexity index is 941. The quantitative estimate of drug-likeness (QED) is 0.611. The highest BCUT2D eigenvalue weighted by molar-refractivity contribution is 6.04. The summed E-state index contributed by atoms with van der Waals surface area (Å²) >= 11 is 0. The third kappa shape index (κ3) is 3.86. The van der Waals surface area contributed by atoms with Crippen molar-refractivity contribution >= 4 is 17.7 Å². The van der Waals surface area contributed by atoms with E-state index < -0.39 is 18.0 Å². The summed E-state index contributed by atoms with van der Waals surface area (Å²) in [5.74, 6) is -1.34. The van der Waals surface area contributed by atoms with Gasteiger partial charge >= 0.3 is 11.9 Å². The molecular formula is C22H25NO5. The van der Waals surface area contributed by atoms with Crippen molar-refractivity contribution < 1.29 is 23.9 Å². The summed E-state index contributed by atoms with van der Waals surface area (Å²) in [4.78, 5) is 39.8. The number of ketones is 1. The van der Waals surface area contributed by atoms with Gasteiger partial charge in [0.1, 0.15) is 0 Å². The van der Waals surface area contributed by atoms with Crippen molar-refractivity contribution in [3.05, 3.63) is 57.4 Å². The minimum Gasteiger partial charge on any atom is -0.465 e. The van der Waals surface area contributed by atoms with E-state index in [4.69, 9.17) is 9.47 Å². The normalized spacial score (nSPS) is 13.7. The molecule has 0 amide bonds. The highest BCUT2D eigenvalue weighted by Gasteiger charge is 2.27. The fourth-order valence-electron chi connectivity index (χ4n) is 3.80. The van der Waals surface area contributed by atoms with Crippen molar-refractivity contribution in [2.24, 2.45) is 0 Å². The van der Waals surface area contributed by atoms with Gasteiger partial charge in [0.15, 0.2) is 6.10 Å². The van der Waals surface area contributed by atoms with Crippen LogP contribution in [0.1, 0.15) is 62.1 Å². The number of aryl methyl sites for hydroxylation is 3. The van der Waals surface area contributed by atoms with Gasteiger partial charge in [-0.05, 0) is 62.3 Å². The number of hydrogen-bond donors (Lipinski definition) is 1. The van der Waals surface area contributed by atoms with Crippen LogP contribution < -0.4 is 0 Å². The fraction of sp³-hybridized carbons (Fsp3) is 0.409. The van der Waals surface area contributed by atoms with Crippen LogP contribution in [0, 0.1) is 13.8 Å². The second kappa shape index (κ2) is 8.00. The average Bonchev–Trinajstić information content (AvgIpc) is 3.23. The van der Waals surface area contributed by atoms with Gasteiger partial charge in [-0.15, -0.1) is 0 Å². The van der Waals surface area contributed by atoms with Gasteiger partial charge in [-0.1, -0.05) is 18.2 Å². The number of ether oxygens (including phenoxy) is 2. The lowest BCUT2D eigenvalue weighted by molar-refractivity contribution is -0.145. The molecule has 6 heteroatoms. The molecule has 0 saturated carbocycles. The maximum atomic E-state index is 12.7. The van der Waals surface area contributed by atoms with E-state index in [0.717, 1.165) is 24.8 Å². The van der Waals surface area contributed by atoms with Gasteiger partial charge in [0.05, 0.1) is 24.8 Å². The number of carbonyl (C=O) groups excluding carboxylic acids is 3. The first-order chi connectivity index (χ1) is 13.3. The Balaban J connectivity index is 1.67. The summed E-state index contributed by atoms with van der Waals surface area (Å²) < 4.78 is 10.1. The molecule has 0 radical (unpaired) electrons. The van der Waals surface area contributed by atoms with Crippen LogP contribution in [0.25, 0.3) is 0 Å². The molecular weight excluding hydrogens is 358 g/mol. The van der Waals surface area contributed by atoms with Gasteiger partial charge in [-0.3, -0.25) is 9.59 Å². The van der Waals surface area contributed by atoms with E-state index in [2.05, 4.69) is 17.1 Å². The molecule has 0 unspecified atom stereocenters. The first-order valence-electron chi connectivity index (χ1n) is 9.43. The van der Waals surface area contributed by atoms with Gasteiger partial charge in [0.25, 0.3) is 0 Å². The monoisotopic (exact) mass is 383 g/mol. The van der Waals surface area contributed by atoms with Crippen molar-refractivity contribution in [2.45, 2.75) is 52.6 Å². The molecule has 1 heterocycles. The highest BCUT2D eigenvalue weighted by Crippen LogP contribution is 2.24. The molecule has 0 bridgehead atoms. The third-order valence-electron chi connectivity index (χ3n) is 5.26. The van der Waals surface area contributed by atoms with Gasteiger partial charge < -0.3 is 14.5 Å². The van der Waals surface area contributed by atoms with Crippen LogP contribution in [0.4, 0.5) is 0 Å². The van der Waals surface area contributed by atoms with E-state index in [0.29, 0.717) is 16.8 Å². The van der Waals surface area contributed by atoms with Gasteiger partial charge in [0.2, 0.25) is 5.78 Å². The number of fused-ring (bicyclic) bond motifs is 1. The van der Waals surface area contributed by atoms with Crippen molar-refractivity contribution in [3.8, 4) is 0 Å². The second-order valence-electron chi connectivity index (χ2n) is 7.25. The van der Waals surface area contributed by atoms with E-state index in [-0.39, 0.29) is 17.9 Å². The SMILES string of the molecule is COC(=O)c1c(C)[nH]c(C(=O)[C@H](C)OC(=O)Cc2ccc3c(c2)CCC3)c1C. The number of rotatable bonds is 6. The summed E-state index contributed by atoms with van der Waals surface area (Å²) in [5, 5.41) is 0. The Hall–Kier alpha value is -2.89. The molecule has 1 atom stereocenters. The first-order valence-corrected chi connectivity index (χ1v) is 9.43. The lowest BCUT2D eigenvalue weighted by Gasteiger charge is -2.13. The van der Waals surface area contributed by atoms with Gasteiger partial charge in [-0.2, -0.15) is 0 Å². The zero-order chi connectivity index (χ0) is 20.4. The van der Waals surface area contributed by atoms with E-state index >= 15 is 0 Å². The highest BCUT2D eigenvalue weighted by atomic mass is 16.5. The smallest absolute Gasteiger partial charge is 0.339 e. The van der Waals surface area contributed by atoms with E-state index in [1.165, 1.54) is 25.2 Å². The predicted molar refractivity (Wildman–Crippen MR) is 104 cm³/mol. The Morgan fingerprint density at radius 2 is 1.86 bits per heavy atom. The van der Waals surface area contributed by atoms with Crippen molar-refractivity contribution in [1.82, 2.24) is 4.98 Å². The number of Topliss-reactive ketones (excluding diaryl/α,β-unsaturated/α-hetero) is 1. The van der Waals surface area contributed by atoms with Crippen LogP contribution in [0.5, 0.6) is 0 Å². The van der Waals surface area contributed by atoms with Crippen LogP contribution in [-0.2, 0) is 33.5 Å². The second-order valence-corrected chi connectivity index (χ2v) is 7.25. The zero-order valence-corrected chi connectivity index (χ0v) is 16.7. The number of carbonyl (C=O) groups is 3. The number of nitrogens with one attached hydrogen (secondary N) is 1. The first kappa shape index (κ1) is 19.9. The molecule has 1 aromatic carbocycles. The molecule has 28 heavy (non-hydrogen) atoms. The maximum Gasteiger partial charge on any atom is 0.339 e. The van der Waals surface area contributed by atoms with Crippen LogP contribution in [0.15, 0.2) is 18.2 Å². The molecule has 0 spiro atoms. The molecule has 6 nitrogen and oxygen atoms in total. The summed E-state index contributed by atoms with van der Waals surface area (Å²) in [6, 6.07) is 6.06. The number of methoxy groups -OCH3 is 1. The van der Waals surface area contributed by atoms with E-state index in [9.17, 15) is 14.4 Å². The molecule has 3 rings (SSSR count). The summed E-state index contributed by atoms with van der Waals surface area (Å²) in [6.07, 6.45) is 2.46. The standard InChI is InChI=1S/C22H25NO5/c1-12-19(22(26)27-4)13(2)23-20(12)21(25)14(3)28-18(24)11-15-8-9-16-6-5-7-17(16)10-15/h8-10,14,23H,5-7,11H2,1-4H3/t14-/m0/s1. The third-order valence-corrected chi connectivity index (χ3v) is 5.26. The zero-order valence-electron chi connectivity index (χ0n) is 16.7. The Kier molecular flexibility index (Phi) is 5.68. The summed E-state index contributed by atoms with van der Waals surface area (Å²) in [5.41, 5.74) is 5.17. The molecule has 0 aliphatic heterocycles. The predicted octanol–water partition coefficient (Wildman–Crippen LogP) is 3.26.